The minimum absolute atomic E-state index is 0.527. The van der Waals surface area contributed by atoms with Gasteiger partial charge < -0.3 is 9.84 Å². The predicted octanol–water partition coefficient (Wildman–Crippen LogP) is 2.61. The lowest BCUT2D eigenvalue weighted by atomic mass is 10.0. The van der Waals surface area contributed by atoms with E-state index in [-0.39, 0.29) is 0 Å². The normalized spacial score (nSPS) is 12.8. The second-order valence-electron chi connectivity index (χ2n) is 3.88. The number of aromatic nitrogens is 1. The van der Waals surface area contributed by atoms with Gasteiger partial charge in [-0.25, -0.2) is 0 Å². The lowest BCUT2D eigenvalue weighted by molar-refractivity contribution is 0.200. The number of benzene rings is 1. The molecule has 0 amide bonds. The van der Waals surface area contributed by atoms with Crippen LogP contribution >= 0.6 is 0 Å². The van der Waals surface area contributed by atoms with Gasteiger partial charge in [-0.3, -0.25) is 4.98 Å². The number of hydrogen-bond acceptors (Lipinski definition) is 3. The molecule has 0 spiro atoms. The molecule has 16 heavy (non-hydrogen) atoms. The highest BCUT2D eigenvalue weighted by Gasteiger charge is 2.12. The molecule has 0 saturated carbocycles. The summed E-state index contributed by atoms with van der Waals surface area (Å²) in [5.41, 5.74) is 2.62. The van der Waals surface area contributed by atoms with E-state index in [0.717, 1.165) is 27.9 Å². The van der Waals surface area contributed by atoms with E-state index in [1.54, 1.807) is 14.0 Å². The maximum Gasteiger partial charge on any atom is 0.128 e. The Morgan fingerprint density at radius 3 is 2.75 bits per heavy atom. The van der Waals surface area contributed by atoms with Crippen LogP contribution in [0.1, 0.15) is 24.3 Å². The molecular weight excluding hydrogens is 202 g/mol. The summed E-state index contributed by atoms with van der Waals surface area (Å²) < 4.78 is 5.31. The number of aliphatic hydroxyl groups excluding tert-OH is 1. The van der Waals surface area contributed by atoms with E-state index in [1.807, 2.05) is 31.2 Å². The Labute approximate surface area is 94.7 Å². The smallest absolute Gasteiger partial charge is 0.128 e. The van der Waals surface area contributed by atoms with Gasteiger partial charge in [-0.05, 0) is 37.6 Å². The zero-order chi connectivity index (χ0) is 11.7. The topological polar surface area (TPSA) is 42.4 Å². The Balaban J connectivity index is 2.85. The first kappa shape index (κ1) is 10.9. The molecule has 0 aliphatic carbocycles. The van der Waals surface area contributed by atoms with Crippen molar-refractivity contribution in [2.45, 2.75) is 20.0 Å². The molecule has 1 aromatic carbocycles. The van der Waals surface area contributed by atoms with Crippen LogP contribution in [0, 0.1) is 6.92 Å². The van der Waals surface area contributed by atoms with E-state index in [1.165, 1.54) is 0 Å². The van der Waals surface area contributed by atoms with Gasteiger partial charge in [0, 0.05) is 11.1 Å². The fraction of sp³-hybridized carbons (Fsp3) is 0.308. The fourth-order valence-corrected chi connectivity index (χ4v) is 1.92. The van der Waals surface area contributed by atoms with Crippen molar-refractivity contribution in [3.05, 3.63) is 35.5 Å². The number of nitrogens with zero attached hydrogens (tertiary/aromatic N) is 1. The first-order chi connectivity index (χ1) is 7.63. The van der Waals surface area contributed by atoms with Crippen molar-refractivity contribution < 1.29 is 9.84 Å². The number of aliphatic hydroxyl groups is 1. The minimum Gasteiger partial charge on any atom is -0.496 e. The summed E-state index contributed by atoms with van der Waals surface area (Å²) in [6, 6.07) is 7.61. The largest absolute Gasteiger partial charge is 0.496 e. The van der Waals surface area contributed by atoms with Gasteiger partial charge in [0.2, 0.25) is 0 Å². The van der Waals surface area contributed by atoms with Crippen molar-refractivity contribution in [2.24, 2.45) is 0 Å². The van der Waals surface area contributed by atoms with Crippen LogP contribution in [0.4, 0.5) is 0 Å². The lowest BCUT2D eigenvalue weighted by Gasteiger charge is -2.13. The highest BCUT2D eigenvalue weighted by Crippen LogP contribution is 2.31. The van der Waals surface area contributed by atoms with Crippen LogP contribution in [0.3, 0.4) is 0 Å². The van der Waals surface area contributed by atoms with Crippen molar-refractivity contribution in [3.8, 4) is 5.75 Å². The van der Waals surface area contributed by atoms with Crippen LogP contribution in [0.25, 0.3) is 10.9 Å². The maximum atomic E-state index is 9.78. The first-order valence-corrected chi connectivity index (χ1v) is 5.26. The predicted molar refractivity (Wildman–Crippen MR) is 63.7 cm³/mol. The number of aryl methyl sites for hydroxylation is 1. The summed E-state index contributed by atoms with van der Waals surface area (Å²) in [4.78, 5) is 4.44. The number of fused-ring (bicyclic) bond motifs is 1. The Hall–Kier alpha value is -1.61. The molecule has 0 fully saturated rings. The number of pyridine rings is 1. The van der Waals surface area contributed by atoms with Crippen LogP contribution < -0.4 is 4.74 Å². The second kappa shape index (κ2) is 4.10. The highest BCUT2D eigenvalue weighted by atomic mass is 16.5. The summed E-state index contributed by atoms with van der Waals surface area (Å²) in [5.74, 6) is 0.751. The van der Waals surface area contributed by atoms with Gasteiger partial charge in [0.05, 0.1) is 18.7 Å². The summed E-state index contributed by atoms with van der Waals surface area (Å²) in [7, 11) is 1.63. The molecule has 1 atom stereocenters. The SMILES string of the molecule is COc1cccc2nc(C)cc(C(C)O)c12. The third-order valence-electron chi connectivity index (χ3n) is 2.62. The average Bonchev–Trinajstić information content (AvgIpc) is 2.26. The monoisotopic (exact) mass is 217 g/mol. The van der Waals surface area contributed by atoms with E-state index in [2.05, 4.69) is 4.98 Å². The molecule has 2 aromatic rings. The summed E-state index contributed by atoms with van der Waals surface area (Å²) in [6.45, 7) is 3.67. The zero-order valence-electron chi connectivity index (χ0n) is 9.69. The van der Waals surface area contributed by atoms with Crippen molar-refractivity contribution >= 4 is 10.9 Å². The van der Waals surface area contributed by atoms with Gasteiger partial charge >= 0.3 is 0 Å². The Kier molecular flexibility index (Phi) is 2.79. The molecule has 0 radical (unpaired) electrons. The fourth-order valence-electron chi connectivity index (χ4n) is 1.92. The summed E-state index contributed by atoms with van der Waals surface area (Å²) in [5, 5.41) is 10.7. The summed E-state index contributed by atoms with van der Waals surface area (Å²) in [6.07, 6.45) is -0.527. The molecule has 3 nitrogen and oxygen atoms in total. The van der Waals surface area contributed by atoms with E-state index in [9.17, 15) is 5.11 Å². The minimum atomic E-state index is -0.527. The molecule has 1 unspecified atom stereocenters. The Morgan fingerprint density at radius 1 is 1.38 bits per heavy atom. The molecule has 3 heteroatoms. The van der Waals surface area contributed by atoms with Crippen molar-refractivity contribution in [3.63, 3.8) is 0 Å². The Bertz CT molecular complexity index is 521. The molecule has 0 bridgehead atoms. The highest BCUT2D eigenvalue weighted by molar-refractivity contribution is 5.88. The van der Waals surface area contributed by atoms with Gasteiger partial charge in [0.15, 0.2) is 0 Å². The van der Waals surface area contributed by atoms with Crippen LogP contribution in [-0.2, 0) is 0 Å². The van der Waals surface area contributed by atoms with Gasteiger partial charge in [-0.2, -0.15) is 0 Å². The number of rotatable bonds is 2. The van der Waals surface area contributed by atoms with E-state index >= 15 is 0 Å². The molecule has 0 aliphatic heterocycles. The maximum absolute atomic E-state index is 9.78. The molecule has 1 heterocycles. The van der Waals surface area contributed by atoms with Gasteiger partial charge in [0.25, 0.3) is 0 Å². The zero-order valence-corrected chi connectivity index (χ0v) is 9.69. The van der Waals surface area contributed by atoms with E-state index in [0.29, 0.717) is 0 Å². The standard InChI is InChI=1S/C13H15NO2/c1-8-7-10(9(2)15)13-11(14-8)5-4-6-12(13)16-3/h4-7,9,15H,1-3H3. The quantitative estimate of drug-likeness (QED) is 0.840. The van der Waals surface area contributed by atoms with Crippen LogP contribution in [0.5, 0.6) is 5.75 Å². The van der Waals surface area contributed by atoms with Gasteiger partial charge in [-0.1, -0.05) is 6.07 Å². The van der Waals surface area contributed by atoms with E-state index in [4.69, 9.17) is 4.74 Å². The van der Waals surface area contributed by atoms with Crippen molar-refractivity contribution in [2.75, 3.05) is 7.11 Å². The second-order valence-corrected chi connectivity index (χ2v) is 3.88. The molecule has 84 valence electrons. The molecule has 0 aliphatic rings. The van der Waals surface area contributed by atoms with Crippen molar-refractivity contribution in [1.82, 2.24) is 4.98 Å². The van der Waals surface area contributed by atoms with Gasteiger partial charge in [0.1, 0.15) is 5.75 Å². The Morgan fingerprint density at radius 2 is 2.12 bits per heavy atom. The molecule has 1 N–H and O–H groups in total. The lowest BCUT2D eigenvalue weighted by Crippen LogP contribution is -1.98. The summed E-state index contributed by atoms with van der Waals surface area (Å²) >= 11 is 0. The van der Waals surface area contributed by atoms with Crippen LogP contribution in [0.15, 0.2) is 24.3 Å². The van der Waals surface area contributed by atoms with Gasteiger partial charge in [-0.15, -0.1) is 0 Å². The molecule has 0 saturated heterocycles. The van der Waals surface area contributed by atoms with Crippen molar-refractivity contribution in [1.29, 1.82) is 0 Å². The molecule has 2 rings (SSSR count). The number of hydrogen-bond donors (Lipinski definition) is 1. The third kappa shape index (κ3) is 1.74. The first-order valence-electron chi connectivity index (χ1n) is 5.26. The third-order valence-corrected chi connectivity index (χ3v) is 2.62. The number of methoxy groups -OCH3 is 1. The number of ether oxygens (including phenoxy) is 1. The van der Waals surface area contributed by atoms with Crippen LogP contribution in [-0.4, -0.2) is 17.2 Å². The average molecular weight is 217 g/mol. The van der Waals surface area contributed by atoms with Crippen LogP contribution in [0.2, 0.25) is 0 Å². The van der Waals surface area contributed by atoms with E-state index < -0.39 is 6.10 Å². The molecule has 1 aromatic heterocycles. The molecular formula is C13H15NO2.